The molecule has 0 radical (unpaired) electrons. The van der Waals surface area contributed by atoms with Crippen molar-refractivity contribution >= 4 is 5.69 Å². The van der Waals surface area contributed by atoms with Crippen LogP contribution < -0.4 is 9.64 Å². The van der Waals surface area contributed by atoms with Crippen LogP contribution in [0, 0.1) is 10.1 Å². The van der Waals surface area contributed by atoms with E-state index in [0.717, 1.165) is 32.8 Å². The highest BCUT2D eigenvalue weighted by Crippen LogP contribution is 2.25. The molecule has 1 fully saturated rings. The van der Waals surface area contributed by atoms with E-state index in [-0.39, 0.29) is 5.69 Å². The Morgan fingerprint density at radius 1 is 1.33 bits per heavy atom. The summed E-state index contributed by atoms with van der Waals surface area (Å²) in [5.41, 5.74) is 0.0227. The molecule has 98 valence electrons. The van der Waals surface area contributed by atoms with Gasteiger partial charge in [-0.15, -0.1) is 0 Å². The molecule has 1 heterocycles. The van der Waals surface area contributed by atoms with Crippen LogP contribution in [0.5, 0.6) is 5.75 Å². The van der Waals surface area contributed by atoms with Gasteiger partial charge in [-0.25, -0.2) is 0 Å². The van der Waals surface area contributed by atoms with Crippen LogP contribution in [0.2, 0.25) is 0 Å². The first-order valence-electron chi connectivity index (χ1n) is 6.05. The van der Waals surface area contributed by atoms with Gasteiger partial charge in [-0.2, -0.15) is 0 Å². The van der Waals surface area contributed by atoms with Crippen LogP contribution in [-0.4, -0.2) is 44.4 Å². The number of nitro groups is 1. The predicted molar refractivity (Wildman–Crippen MR) is 65.0 cm³/mol. The molecule has 0 aliphatic carbocycles. The Balaban J connectivity index is 1.84. The topological polar surface area (TPSA) is 66.0 Å². The summed E-state index contributed by atoms with van der Waals surface area (Å²) in [6, 6.07) is 6.46. The zero-order valence-electron chi connectivity index (χ0n) is 10.1. The molecule has 1 aliphatic rings. The second-order valence-electron chi connectivity index (χ2n) is 4.19. The number of nitrogens with one attached hydrogen (secondary N) is 1. The summed E-state index contributed by atoms with van der Waals surface area (Å²) in [4.78, 5) is 11.8. The molecule has 0 aromatic heterocycles. The van der Waals surface area contributed by atoms with E-state index < -0.39 is 4.92 Å². The third-order valence-corrected chi connectivity index (χ3v) is 2.98. The molecule has 1 aromatic carbocycles. The highest BCUT2D eigenvalue weighted by atomic mass is 16.6. The minimum Gasteiger partial charge on any atom is -0.481 e. The Kier molecular flexibility index (Phi) is 4.49. The second kappa shape index (κ2) is 6.32. The lowest BCUT2D eigenvalue weighted by Crippen LogP contribution is -3.14. The molecule has 0 saturated carbocycles. The highest BCUT2D eigenvalue weighted by molar-refractivity contribution is 5.45. The first kappa shape index (κ1) is 12.8. The van der Waals surface area contributed by atoms with Crippen molar-refractivity contribution in [1.29, 1.82) is 0 Å². The molecular formula is C12H17N2O4+. The molecule has 0 bridgehead atoms. The van der Waals surface area contributed by atoms with Crippen LogP contribution in [0.1, 0.15) is 0 Å². The van der Waals surface area contributed by atoms with E-state index >= 15 is 0 Å². The maximum Gasteiger partial charge on any atom is 0.310 e. The zero-order chi connectivity index (χ0) is 12.8. The molecule has 1 N–H and O–H groups in total. The molecule has 18 heavy (non-hydrogen) atoms. The predicted octanol–water partition coefficient (Wildman–Crippen LogP) is -0.111. The molecule has 1 aliphatic heterocycles. The number of para-hydroxylation sites is 2. The SMILES string of the molecule is O=[N+]([O-])c1ccccc1OCC[NH+]1CCOCC1. The maximum atomic E-state index is 10.8. The quantitative estimate of drug-likeness (QED) is 0.587. The third-order valence-electron chi connectivity index (χ3n) is 2.98. The van der Waals surface area contributed by atoms with Crippen molar-refractivity contribution < 1.29 is 19.3 Å². The molecule has 0 amide bonds. The fraction of sp³-hybridized carbons (Fsp3) is 0.500. The van der Waals surface area contributed by atoms with Crippen molar-refractivity contribution in [3.05, 3.63) is 34.4 Å². The van der Waals surface area contributed by atoms with Crippen LogP contribution in [-0.2, 0) is 4.74 Å². The Hall–Kier alpha value is -1.66. The largest absolute Gasteiger partial charge is 0.481 e. The smallest absolute Gasteiger partial charge is 0.310 e. The molecule has 2 rings (SSSR count). The van der Waals surface area contributed by atoms with Gasteiger partial charge in [0.1, 0.15) is 26.2 Å². The van der Waals surface area contributed by atoms with Crippen molar-refractivity contribution in [2.24, 2.45) is 0 Å². The standard InChI is InChI=1S/C12H16N2O4/c15-14(16)11-3-1-2-4-12(11)18-10-7-13-5-8-17-9-6-13/h1-4H,5-10H2/p+1. The second-order valence-corrected chi connectivity index (χ2v) is 4.19. The summed E-state index contributed by atoms with van der Waals surface area (Å²) < 4.78 is 10.8. The molecule has 1 aromatic rings. The molecule has 0 spiro atoms. The van der Waals surface area contributed by atoms with Crippen molar-refractivity contribution in [3.63, 3.8) is 0 Å². The number of nitro benzene ring substituents is 1. The van der Waals surface area contributed by atoms with Gasteiger partial charge in [-0.05, 0) is 6.07 Å². The number of ether oxygens (including phenoxy) is 2. The summed E-state index contributed by atoms with van der Waals surface area (Å²) >= 11 is 0. The normalized spacial score (nSPS) is 16.4. The monoisotopic (exact) mass is 253 g/mol. The lowest BCUT2D eigenvalue weighted by atomic mass is 10.3. The Bertz CT molecular complexity index is 405. The first-order valence-corrected chi connectivity index (χ1v) is 6.05. The van der Waals surface area contributed by atoms with Gasteiger partial charge in [0.2, 0.25) is 0 Å². The number of rotatable bonds is 5. The van der Waals surface area contributed by atoms with Gasteiger partial charge in [0, 0.05) is 6.07 Å². The van der Waals surface area contributed by atoms with Crippen molar-refractivity contribution in [2.45, 2.75) is 0 Å². The number of morpholine rings is 1. The van der Waals surface area contributed by atoms with E-state index in [0.29, 0.717) is 12.4 Å². The van der Waals surface area contributed by atoms with Crippen LogP contribution in [0.3, 0.4) is 0 Å². The Labute approximate surface area is 105 Å². The molecule has 6 nitrogen and oxygen atoms in total. The summed E-state index contributed by atoms with van der Waals surface area (Å²) in [6.45, 7) is 4.83. The third kappa shape index (κ3) is 3.41. The number of hydrogen-bond donors (Lipinski definition) is 1. The number of benzene rings is 1. The molecule has 0 unspecified atom stereocenters. The van der Waals surface area contributed by atoms with Crippen LogP contribution >= 0.6 is 0 Å². The molecule has 1 saturated heterocycles. The zero-order valence-corrected chi connectivity index (χ0v) is 10.1. The lowest BCUT2D eigenvalue weighted by molar-refractivity contribution is -0.908. The minimum atomic E-state index is -0.420. The first-order chi connectivity index (χ1) is 8.77. The summed E-state index contributed by atoms with van der Waals surface area (Å²) in [5, 5.41) is 10.8. The van der Waals surface area contributed by atoms with Crippen LogP contribution in [0.15, 0.2) is 24.3 Å². The van der Waals surface area contributed by atoms with E-state index in [4.69, 9.17) is 9.47 Å². The van der Waals surface area contributed by atoms with Crippen molar-refractivity contribution in [1.82, 2.24) is 0 Å². The van der Waals surface area contributed by atoms with Crippen molar-refractivity contribution in [3.8, 4) is 5.75 Å². The van der Waals surface area contributed by atoms with E-state index in [1.54, 1.807) is 18.2 Å². The van der Waals surface area contributed by atoms with E-state index in [9.17, 15) is 10.1 Å². The van der Waals surface area contributed by atoms with Gasteiger partial charge in [0.15, 0.2) is 5.75 Å². The average molecular weight is 253 g/mol. The van der Waals surface area contributed by atoms with Gasteiger partial charge >= 0.3 is 5.69 Å². The van der Waals surface area contributed by atoms with Gasteiger partial charge in [0.05, 0.1) is 18.1 Å². The Morgan fingerprint density at radius 2 is 2.06 bits per heavy atom. The number of nitrogens with zero attached hydrogens (tertiary/aromatic N) is 1. The van der Waals surface area contributed by atoms with Gasteiger partial charge in [0.25, 0.3) is 0 Å². The fourth-order valence-corrected chi connectivity index (χ4v) is 1.95. The van der Waals surface area contributed by atoms with E-state index in [2.05, 4.69) is 0 Å². The lowest BCUT2D eigenvalue weighted by Gasteiger charge is -2.23. The Morgan fingerprint density at radius 3 is 2.78 bits per heavy atom. The molecule has 0 atom stereocenters. The van der Waals surface area contributed by atoms with E-state index in [1.165, 1.54) is 11.0 Å². The summed E-state index contributed by atoms with van der Waals surface area (Å²) in [7, 11) is 0. The number of quaternary nitrogens is 1. The van der Waals surface area contributed by atoms with Gasteiger partial charge in [-0.3, -0.25) is 10.1 Å². The average Bonchev–Trinajstić information content (AvgIpc) is 2.40. The summed E-state index contributed by atoms with van der Waals surface area (Å²) in [5.74, 6) is 0.343. The van der Waals surface area contributed by atoms with Gasteiger partial charge < -0.3 is 14.4 Å². The highest BCUT2D eigenvalue weighted by Gasteiger charge is 2.16. The fourth-order valence-electron chi connectivity index (χ4n) is 1.95. The van der Waals surface area contributed by atoms with Crippen LogP contribution in [0.4, 0.5) is 5.69 Å². The maximum absolute atomic E-state index is 10.8. The molecular weight excluding hydrogens is 236 g/mol. The van der Waals surface area contributed by atoms with Gasteiger partial charge in [-0.1, -0.05) is 12.1 Å². The van der Waals surface area contributed by atoms with Crippen LogP contribution in [0.25, 0.3) is 0 Å². The minimum absolute atomic E-state index is 0.0227. The summed E-state index contributed by atoms with van der Waals surface area (Å²) in [6.07, 6.45) is 0. The number of hydrogen-bond acceptors (Lipinski definition) is 4. The van der Waals surface area contributed by atoms with E-state index in [1.807, 2.05) is 0 Å². The van der Waals surface area contributed by atoms with Crippen molar-refractivity contribution in [2.75, 3.05) is 39.5 Å². The molecule has 6 heteroatoms.